The van der Waals surface area contributed by atoms with Gasteiger partial charge in [0.1, 0.15) is 5.75 Å². The predicted molar refractivity (Wildman–Crippen MR) is 82.3 cm³/mol. The summed E-state index contributed by atoms with van der Waals surface area (Å²) in [4.78, 5) is 22.6. The Morgan fingerprint density at radius 1 is 1.08 bits per heavy atom. The fourth-order valence-electron chi connectivity index (χ4n) is 1.86. The van der Waals surface area contributed by atoms with Crippen molar-refractivity contribution in [2.24, 2.45) is 5.73 Å². The first kappa shape index (κ1) is 17.2. The Bertz CT molecular complexity index is 720. The highest BCUT2D eigenvalue weighted by molar-refractivity contribution is 5.97. The van der Waals surface area contributed by atoms with Gasteiger partial charge in [-0.15, -0.1) is 0 Å². The van der Waals surface area contributed by atoms with Crippen LogP contribution in [0.5, 0.6) is 5.75 Å². The first-order chi connectivity index (χ1) is 11.5. The predicted octanol–water partition coefficient (Wildman–Crippen LogP) is 2.67. The number of alkyl halides is 2. The Kier molecular flexibility index (Phi) is 5.67. The number of primary amides is 1. The van der Waals surface area contributed by atoms with Crippen molar-refractivity contribution < 1.29 is 27.8 Å². The Labute approximate surface area is 136 Å². The van der Waals surface area contributed by atoms with Gasteiger partial charge in [-0.2, -0.15) is 8.78 Å². The van der Waals surface area contributed by atoms with Crippen LogP contribution in [0.25, 0.3) is 0 Å². The molecule has 126 valence electrons. The number of anilines is 2. The molecule has 0 heterocycles. The summed E-state index contributed by atoms with van der Waals surface area (Å²) in [5.41, 5.74) is 6.11. The number of benzene rings is 2. The topological polar surface area (TPSA) is 90.7 Å². The molecule has 2 rings (SSSR count). The Hall–Kier alpha value is -3.16. The monoisotopic (exact) mass is 336 g/mol. The van der Waals surface area contributed by atoms with Crippen LogP contribution in [-0.4, -0.2) is 25.1 Å². The molecular weight excluding hydrogens is 322 g/mol. The molecule has 0 atom stereocenters. The fraction of sp³-hybridized carbons (Fsp3) is 0.125. The van der Waals surface area contributed by atoms with E-state index in [0.29, 0.717) is 11.4 Å². The molecule has 0 spiro atoms. The van der Waals surface area contributed by atoms with Crippen molar-refractivity contribution in [1.82, 2.24) is 0 Å². The third-order valence-corrected chi connectivity index (χ3v) is 2.85. The van der Waals surface area contributed by atoms with E-state index in [1.807, 2.05) is 0 Å². The molecule has 0 aliphatic carbocycles. The van der Waals surface area contributed by atoms with E-state index >= 15 is 0 Å². The van der Waals surface area contributed by atoms with Gasteiger partial charge in [0.05, 0.1) is 11.3 Å². The summed E-state index contributed by atoms with van der Waals surface area (Å²) >= 11 is 0. The summed E-state index contributed by atoms with van der Waals surface area (Å²) in [6.07, 6.45) is 0. The molecule has 0 radical (unpaired) electrons. The van der Waals surface area contributed by atoms with Gasteiger partial charge in [-0.05, 0) is 36.4 Å². The van der Waals surface area contributed by atoms with Gasteiger partial charge in [0.25, 0.3) is 5.91 Å². The van der Waals surface area contributed by atoms with Gasteiger partial charge in [-0.3, -0.25) is 4.79 Å². The minimum atomic E-state index is -2.90. The summed E-state index contributed by atoms with van der Waals surface area (Å²) in [6.45, 7) is -3.42. The maximum atomic E-state index is 12.1. The summed E-state index contributed by atoms with van der Waals surface area (Å²) < 4.78 is 33.3. The fourth-order valence-corrected chi connectivity index (χ4v) is 1.86. The van der Waals surface area contributed by atoms with Crippen molar-refractivity contribution in [3.8, 4) is 5.75 Å². The highest BCUT2D eigenvalue weighted by Crippen LogP contribution is 2.24. The maximum absolute atomic E-state index is 12.1. The standard InChI is InChI=1S/C16H14F2N2O4/c17-16(18)24-11-7-5-10(6-8-11)20-13-4-2-1-3-12(13)15(22)23-9-14(19)21/h1-8,16,20H,9H2,(H2,19,21). The second-order valence-electron chi connectivity index (χ2n) is 4.62. The molecule has 24 heavy (non-hydrogen) atoms. The van der Waals surface area contributed by atoms with Gasteiger partial charge in [0.2, 0.25) is 0 Å². The molecule has 0 saturated carbocycles. The number of rotatable bonds is 7. The normalized spacial score (nSPS) is 10.3. The second kappa shape index (κ2) is 7.91. The molecule has 0 saturated heterocycles. The average molecular weight is 336 g/mol. The summed E-state index contributed by atoms with van der Waals surface area (Å²) in [6, 6.07) is 12.2. The Balaban J connectivity index is 2.12. The minimum absolute atomic E-state index is 0.0182. The molecule has 2 aromatic carbocycles. The van der Waals surface area contributed by atoms with Gasteiger partial charge in [-0.25, -0.2) is 4.79 Å². The summed E-state index contributed by atoms with van der Waals surface area (Å²) in [5, 5.41) is 2.96. The first-order valence-electron chi connectivity index (χ1n) is 6.82. The van der Waals surface area contributed by atoms with E-state index in [9.17, 15) is 18.4 Å². The van der Waals surface area contributed by atoms with Crippen molar-refractivity contribution in [2.75, 3.05) is 11.9 Å². The smallest absolute Gasteiger partial charge is 0.387 e. The van der Waals surface area contributed by atoms with Crippen molar-refractivity contribution in [2.45, 2.75) is 6.61 Å². The number of carbonyl (C=O) groups excluding carboxylic acids is 2. The van der Waals surface area contributed by atoms with Crippen molar-refractivity contribution >= 4 is 23.3 Å². The van der Waals surface area contributed by atoms with Gasteiger partial charge in [0.15, 0.2) is 6.61 Å². The van der Waals surface area contributed by atoms with Crippen LogP contribution in [0.4, 0.5) is 20.2 Å². The lowest BCUT2D eigenvalue weighted by Crippen LogP contribution is -2.21. The highest BCUT2D eigenvalue weighted by atomic mass is 19.3. The van der Waals surface area contributed by atoms with E-state index in [4.69, 9.17) is 10.5 Å². The number of para-hydroxylation sites is 1. The molecule has 0 unspecified atom stereocenters. The third kappa shape index (κ3) is 4.94. The summed E-state index contributed by atoms with van der Waals surface area (Å²) in [7, 11) is 0. The van der Waals surface area contributed by atoms with Crippen LogP contribution in [0.2, 0.25) is 0 Å². The van der Waals surface area contributed by atoms with Crippen LogP contribution in [0.15, 0.2) is 48.5 Å². The number of ether oxygens (including phenoxy) is 2. The lowest BCUT2D eigenvalue weighted by molar-refractivity contribution is -0.121. The van der Waals surface area contributed by atoms with E-state index in [1.54, 1.807) is 18.2 Å². The third-order valence-electron chi connectivity index (χ3n) is 2.85. The van der Waals surface area contributed by atoms with Crippen molar-refractivity contribution in [3.05, 3.63) is 54.1 Å². The molecule has 0 aliphatic heterocycles. The van der Waals surface area contributed by atoms with Crippen LogP contribution >= 0.6 is 0 Å². The van der Waals surface area contributed by atoms with E-state index in [0.717, 1.165) is 0 Å². The maximum Gasteiger partial charge on any atom is 0.387 e. The quantitative estimate of drug-likeness (QED) is 0.759. The van der Waals surface area contributed by atoms with Gasteiger partial charge >= 0.3 is 12.6 Å². The molecule has 1 amide bonds. The van der Waals surface area contributed by atoms with Crippen LogP contribution in [0.3, 0.4) is 0 Å². The zero-order chi connectivity index (χ0) is 17.5. The summed E-state index contributed by atoms with van der Waals surface area (Å²) in [5.74, 6) is -1.46. The molecule has 6 nitrogen and oxygen atoms in total. The van der Waals surface area contributed by atoms with E-state index in [2.05, 4.69) is 10.1 Å². The van der Waals surface area contributed by atoms with Gasteiger partial charge < -0.3 is 20.5 Å². The lowest BCUT2D eigenvalue weighted by atomic mass is 10.1. The number of halogens is 2. The molecule has 0 fully saturated rings. The number of nitrogens with one attached hydrogen (secondary N) is 1. The Morgan fingerprint density at radius 2 is 1.75 bits per heavy atom. The largest absolute Gasteiger partial charge is 0.452 e. The first-order valence-corrected chi connectivity index (χ1v) is 6.82. The van der Waals surface area contributed by atoms with Gasteiger partial charge in [0, 0.05) is 5.69 Å². The van der Waals surface area contributed by atoms with Crippen LogP contribution in [0, 0.1) is 0 Å². The number of nitrogens with two attached hydrogens (primary N) is 1. The van der Waals surface area contributed by atoms with E-state index in [1.165, 1.54) is 30.3 Å². The van der Waals surface area contributed by atoms with Crippen LogP contribution in [0.1, 0.15) is 10.4 Å². The van der Waals surface area contributed by atoms with E-state index in [-0.39, 0.29) is 11.3 Å². The zero-order valence-corrected chi connectivity index (χ0v) is 12.4. The second-order valence-corrected chi connectivity index (χ2v) is 4.62. The van der Waals surface area contributed by atoms with Crippen molar-refractivity contribution in [1.29, 1.82) is 0 Å². The molecule has 0 bridgehead atoms. The molecule has 0 aromatic heterocycles. The van der Waals surface area contributed by atoms with Crippen LogP contribution < -0.4 is 15.8 Å². The lowest BCUT2D eigenvalue weighted by Gasteiger charge is -2.12. The molecule has 3 N–H and O–H groups in total. The number of esters is 1. The number of carbonyl (C=O) groups is 2. The Morgan fingerprint density at radius 3 is 2.38 bits per heavy atom. The van der Waals surface area contributed by atoms with Crippen LogP contribution in [-0.2, 0) is 9.53 Å². The average Bonchev–Trinajstić information content (AvgIpc) is 2.54. The molecular formula is C16H14F2N2O4. The highest BCUT2D eigenvalue weighted by Gasteiger charge is 2.13. The molecule has 2 aromatic rings. The number of hydrogen-bond acceptors (Lipinski definition) is 5. The molecule has 0 aliphatic rings. The number of hydrogen-bond donors (Lipinski definition) is 2. The van der Waals surface area contributed by atoms with Gasteiger partial charge in [-0.1, -0.05) is 12.1 Å². The minimum Gasteiger partial charge on any atom is -0.452 e. The zero-order valence-electron chi connectivity index (χ0n) is 12.4. The number of amides is 1. The molecule has 8 heteroatoms. The van der Waals surface area contributed by atoms with Crippen molar-refractivity contribution in [3.63, 3.8) is 0 Å². The van der Waals surface area contributed by atoms with E-state index < -0.39 is 25.1 Å². The SMILES string of the molecule is NC(=O)COC(=O)c1ccccc1Nc1ccc(OC(F)F)cc1.